The van der Waals surface area contributed by atoms with Gasteiger partial charge in [0.05, 0.1) is 6.10 Å². The van der Waals surface area contributed by atoms with Crippen molar-refractivity contribution >= 4 is 6.03 Å². The number of aliphatic hydroxyl groups excluding tert-OH is 1. The molecule has 0 spiro atoms. The van der Waals surface area contributed by atoms with Crippen LogP contribution in [0.15, 0.2) is 0 Å². The maximum atomic E-state index is 11.1. The lowest BCUT2D eigenvalue weighted by molar-refractivity contribution is 0.146. The number of nitrogens with one attached hydrogen (secondary N) is 2. The molecule has 0 saturated heterocycles. The zero-order chi connectivity index (χ0) is 11.1. The van der Waals surface area contributed by atoms with Crippen LogP contribution in [-0.2, 0) is 0 Å². The Morgan fingerprint density at radius 1 is 1.29 bits per heavy atom. The first-order chi connectivity index (χ1) is 6.41. The number of carbonyl (C=O) groups excluding carboxylic acids is 1. The zero-order valence-electron chi connectivity index (χ0n) is 9.50. The largest absolute Gasteiger partial charge is 0.391 e. The molecule has 0 aliphatic heterocycles. The Morgan fingerprint density at radius 2 is 1.86 bits per heavy atom. The molecule has 14 heavy (non-hydrogen) atoms. The molecule has 0 aromatic rings. The predicted molar refractivity (Wildman–Crippen MR) is 57.1 cm³/mol. The molecule has 0 saturated carbocycles. The van der Waals surface area contributed by atoms with Crippen molar-refractivity contribution in [1.82, 2.24) is 10.6 Å². The van der Waals surface area contributed by atoms with Gasteiger partial charge in [-0.25, -0.2) is 4.79 Å². The summed E-state index contributed by atoms with van der Waals surface area (Å²) in [6.45, 7) is 8.18. The summed E-state index contributed by atoms with van der Waals surface area (Å²) < 4.78 is 0. The second-order valence-electron chi connectivity index (χ2n) is 4.29. The molecule has 0 aliphatic rings. The van der Waals surface area contributed by atoms with Gasteiger partial charge in [-0.05, 0) is 26.2 Å². The van der Waals surface area contributed by atoms with Crippen molar-refractivity contribution in [2.75, 3.05) is 6.54 Å². The summed E-state index contributed by atoms with van der Waals surface area (Å²) >= 11 is 0. The molecule has 2 amide bonds. The molecule has 0 radical (unpaired) electrons. The molecule has 84 valence electrons. The lowest BCUT2D eigenvalue weighted by Crippen LogP contribution is -2.42. The Hall–Kier alpha value is -0.770. The highest BCUT2D eigenvalue weighted by Gasteiger charge is 2.08. The van der Waals surface area contributed by atoms with E-state index >= 15 is 0 Å². The number of carbonyl (C=O) groups is 1. The summed E-state index contributed by atoms with van der Waals surface area (Å²) in [5, 5.41) is 14.8. The molecule has 0 aromatic carbocycles. The van der Waals surface area contributed by atoms with Crippen molar-refractivity contribution < 1.29 is 9.90 Å². The quantitative estimate of drug-likeness (QED) is 0.625. The van der Waals surface area contributed by atoms with Gasteiger partial charge in [0.15, 0.2) is 0 Å². The molecule has 0 fully saturated rings. The maximum absolute atomic E-state index is 11.1. The molecule has 4 heteroatoms. The molecule has 0 aromatic heterocycles. The van der Waals surface area contributed by atoms with Crippen LogP contribution in [0, 0.1) is 5.92 Å². The van der Waals surface area contributed by atoms with Gasteiger partial charge in [0, 0.05) is 12.6 Å². The second-order valence-corrected chi connectivity index (χ2v) is 4.29. The second kappa shape index (κ2) is 6.65. The number of rotatable bonds is 5. The summed E-state index contributed by atoms with van der Waals surface area (Å²) in [5.41, 5.74) is 0. The van der Waals surface area contributed by atoms with Gasteiger partial charge in [0.1, 0.15) is 0 Å². The number of amides is 2. The van der Waals surface area contributed by atoms with Gasteiger partial charge < -0.3 is 15.7 Å². The predicted octanol–water partition coefficient (Wildman–Crippen LogP) is 1.10. The fraction of sp³-hybridized carbons (Fsp3) is 0.900. The van der Waals surface area contributed by atoms with Crippen molar-refractivity contribution in [3.05, 3.63) is 0 Å². The first kappa shape index (κ1) is 13.2. The van der Waals surface area contributed by atoms with Gasteiger partial charge in [0.25, 0.3) is 0 Å². The van der Waals surface area contributed by atoms with Gasteiger partial charge in [-0.2, -0.15) is 0 Å². The van der Waals surface area contributed by atoms with Gasteiger partial charge >= 0.3 is 6.03 Å². The summed E-state index contributed by atoms with van der Waals surface area (Å²) in [6.07, 6.45) is 0.259. The molecule has 0 aliphatic carbocycles. The third kappa shape index (κ3) is 7.86. The highest BCUT2D eigenvalue weighted by atomic mass is 16.3. The van der Waals surface area contributed by atoms with E-state index in [1.165, 1.54) is 0 Å². The van der Waals surface area contributed by atoms with Crippen LogP contribution in [-0.4, -0.2) is 29.8 Å². The van der Waals surface area contributed by atoms with E-state index < -0.39 is 6.10 Å². The fourth-order valence-electron chi connectivity index (χ4n) is 1.15. The fourth-order valence-corrected chi connectivity index (χ4v) is 1.15. The number of urea groups is 1. The molecule has 1 unspecified atom stereocenters. The van der Waals surface area contributed by atoms with E-state index in [4.69, 9.17) is 0 Å². The highest BCUT2D eigenvalue weighted by Crippen LogP contribution is 2.02. The van der Waals surface area contributed by atoms with Gasteiger partial charge in [-0.3, -0.25) is 0 Å². The Morgan fingerprint density at radius 3 is 2.29 bits per heavy atom. The topological polar surface area (TPSA) is 61.4 Å². The highest BCUT2D eigenvalue weighted by molar-refractivity contribution is 5.74. The zero-order valence-corrected chi connectivity index (χ0v) is 9.50. The monoisotopic (exact) mass is 202 g/mol. The molecule has 4 nitrogen and oxygen atoms in total. The smallest absolute Gasteiger partial charge is 0.315 e. The van der Waals surface area contributed by atoms with E-state index in [0.717, 1.165) is 0 Å². The minimum atomic E-state index is -0.451. The van der Waals surface area contributed by atoms with Crippen LogP contribution in [0.5, 0.6) is 0 Å². The lowest BCUT2D eigenvalue weighted by Gasteiger charge is -2.15. The van der Waals surface area contributed by atoms with E-state index in [0.29, 0.717) is 18.9 Å². The van der Waals surface area contributed by atoms with Crippen LogP contribution in [0.2, 0.25) is 0 Å². The third-order valence-electron chi connectivity index (χ3n) is 1.66. The first-order valence-electron chi connectivity index (χ1n) is 5.14. The number of hydrogen-bond acceptors (Lipinski definition) is 2. The third-order valence-corrected chi connectivity index (χ3v) is 1.66. The van der Waals surface area contributed by atoms with Gasteiger partial charge in [-0.15, -0.1) is 0 Å². The van der Waals surface area contributed by atoms with Crippen LogP contribution in [0.25, 0.3) is 0 Å². The van der Waals surface area contributed by atoms with Crippen molar-refractivity contribution in [2.45, 2.75) is 46.3 Å². The van der Waals surface area contributed by atoms with E-state index in [9.17, 15) is 9.90 Å². The molecule has 0 bridgehead atoms. The van der Waals surface area contributed by atoms with Crippen molar-refractivity contribution in [3.8, 4) is 0 Å². The van der Waals surface area contributed by atoms with E-state index in [1.807, 2.05) is 27.7 Å². The van der Waals surface area contributed by atoms with Crippen molar-refractivity contribution in [1.29, 1.82) is 0 Å². The summed E-state index contributed by atoms with van der Waals surface area (Å²) in [4.78, 5) is 11.1. The molecular formula is C10H22N2O2. The normalized spacial score (nSPS) is 13.1. The Labute approximate surface area is 86.1 Å². The lowest BCUT2D eigenvalue weighted by atomic mass is 10.1. The average Bonchev–Trinajstić information content (AvgIpc) is 1.98. The van der Waals surface area contributed by atoms with Crippen molar-refractivity contribution in [3.63, 3.8) is 0 Å². The SMILES string of the molecule is CC(C)CC(O)CNC(=O)NC(C)C. The van der Waals surface area contributed by atoms with E-state index in [2.05, 4.69) is 10.6 Å². The van der Waals surface area contributed by atoms with Crippen molar-refractivity contribution in [2.24, 2.45) is 5.92 Å². The van der Waals surface area contributed by atoms with Gasteiger partial charge in [0.2, 0.25) is 0 Å². The number of aliphatic hydroxyl groups is 1. The van der Waals surface area contributed by atoms with E-state index in [1.54, 1.807) is 0 Å². The maximum Gasteiger partial charge on any atom is 0.315 e. The van der Waals surface area contributed by atoms with Crippen LogP contribution >= 0.6 is 0 Å². The first-order valence-corrected chi connectivity index (χ1v) is 5.14. The molecular weight excluding hydrogens is 180 g/mol. The molecule has 0 heterocycles. The molecule has 3 N–H and O–H groups in total. The summed E-state index contributed by atoms with van der Waals surface area (Å²) in [7, 11) is 0. The van der Waals surface area contributed by atoms with Crippen LogP contribution < -0.4 is 10.6 Å². The number of hydrogen-bond donors (Lipinski definition) is 3. The standard InChI is InChI=1S/C10H22N2O2/c1-7(2)5-9(13)6-11-10(14)12-8(3)4/h7-9,13H,5-6H2,1-4H3,(H2,11,12,14). The minimum absolute atomic E-state index is 0.122. The summed E-state index contributed by atoms with van der Waals surface area (Å²) in [5.74, 6) is 0.444. The minimum Gasteiger partial charge on any atom is -0.391 e. The molecule has 1 atom stereocenters. The van der Waals surface area contributed by atoms with Crippen LogP contribution in [0.1, 0.15) is 34.1 Å². The van der Waals surface area contributed by atoms with Crippen LogP contribution in [0.3, 0.4) is 0 Å². The Kier molecular flexibility index (Phi) is 6.28. The van der Waals surface area contributed by atoms with E-state index in [-0.39, 0.29) is 12.1 Å². The summed E-state index contributed by atoms with van der Waals surface area (Å²) in [6, 6.07) is -0.0972. The molecule has 0 rings (SSSR count). The Bertz CT molecular complexity index is 170. The van der Waals surface area contributed by atoms with Crippen LogP contribution in [0.4, 0.5) is 4.79 Å². The average molecular weight is 202 g/mol. The van der Waals surface area contributed by atoms with Gasteiger partial charge in [-0.1, -0.05) is 13.8 Å². The Balaban J connectivity index is 3.56.